The number of hydrogen-bond donors (Lipinski definition) is 0. The van der Waals surface area contributed by atoms with Crippen molar-refractivity contribution < 1.29 is 64.7 Å². The van der Waals surface area contributed by atoms with Crippen molar-refractivity contribution in [1.82, 2.24) is 19.6 Å². The minimum atomic E-state index is -6.00. The third-order valence-corrected chi connectivity index (χ3v) is 12.8. The number of nitrogens with zero attached hydrogens (tertiary/aromatic N) is 4. The predicted octanol–water partition coefficient (Wildman–Crippen LogP) is 0.651. The van der Waals surface area contributed by atoms with Gasteiger partial charge in [-0.3, -0.25) is 0 Å². The van der Waals surface area contributed by atoms with Crippen molar-refractivity contribution in [3.8, 4) is 0 Å². The van der Waals surface area contributed by atoms with Gasteiger partial charge in [-0.15, -0.1) is 0 Å². The quantitative estimate of drug-likeness (QED) is 0.262. The Kier molecular flexibility index (Phi) is 22.2. The fourth-order valence-corrected chi connectivity index (χ4v) is 11.6. The van der Waals surface area contributed by atoms with Gasteiger partial charge in [-0.2, -0.15) is 0 Å². The third kappa shape index (κ3) is 21.6. The molecule has 22 heteroatoms. The molecular weight excluding hydrogens is 803 g/mol. The van der Waals surface area contributed by atoms with E-state index >= 15 is 0 Å². The summed E-state index contributed by atoms with van der Waals surface area (Å²) in [5.41, 5.74) is 0. The van der Waals surface area contributed by atoms with E-state index < -0.39 is 56.8 Å². The third-order valence-electron chi connectivity index (χ3n) is 5.90. The van der Waals surface area contributed by atoms with E-state index in [0.717, 1.165) is 95.8 Å². The first-order valence-corrected chi connectivity index (χ1v) is 20.9. The van der Waals surface area contributed by atoms with Crippen LogP contribution >= 0.6 is 0 Å². The first-order chi connectivity index (χ1) is 18.5. The zero-order chi connectivity index (χ0) is 30.3. The molecule has 4 aliphatic heterocycles. The van der Waals surface area contributed by atoms with Gasteiger partial charge in [0.25, 0.3) is 0 Å². The summed E-state index contributed by atoms with van der Waals surface area (Å²) in [6.45, 7) is 3.81. The van der Waals surface area contributed by atoms with Crippen molar-refractivity contribution in [2.75, 3.05) is 44.4 Å². The second-order valence-corrected chi connectivity index (χ2v) is 15.6. The Morgan fingerprint density at radius 2 is 0.619 bits per heavy atom. The maximum atomic E-state index is 11.3. The predicted molar refractivity (Wildman–Crippen MR) is 142 cm³/mol. The first kappa shape index (κ1) is 43.1. The standard InChI is InChI=1S/4C5H8NO.2BF4.2H2O.2Sn/c4*1-6-4-2-3-5(6)7;2*2-1(3,4)5;;;;/h4*1-4H2;;;2*1H2;;/q;;;;2*-1;;;2*+1. The number of hydrogen-bond acceptors (Lipinski definition) is 4. The zero-order valence-electron chi connectivity index (χ0n) is 22.9. The molecule has 10 nitrogen and oxygen atoms in total. The molecule has 4 aliphatic rings. The molecule has 0 saturated carbocycles. The summed E-state index contributed by atoms with van der Waals surface area (Å²) in [5, 5.41) is 0. The second kappa shape index (κ2) is 21.6. The van der Waals surface area contributed by atoms with Crippen molar-refractivity contribution in [1.29, 1.82) is 0 Å². The Bertz CT molecular complexity index is 721. The molecule has 4 N–H and O–H groups in total. The first-order valence-electron chi connectivity index (χ1n) is 12.8. The van der Waals surface area contributed by atoms with E-state index in [-0.39, 0.29) is 11.0 Å². The molecule has 0 aliphatic carbocycles. The molecule has 0 bridgehead atoms. The van der Waals surface area contributed by atoms with E-state index in [2.05, 4.69) is 0 Å². The van der Waals surface area contributed by atoms with Gasteiger partial charge in [-0.05, 0) is 0 Å². The molecule has 4 rings (SSSR count). The molecule has 4 heterocycles. The Morgan fingerprint density at radius 3 is 0.738 bits per heavy atom. The number of carbonyl (C=O) groups is 4. The van der Waals surface area contributed by atoms with E-state index in [9.17, 15) is 53.7 Å². The van der Waals surface area contributed by atoms with Crippen LogP contribution < -0.4 is 0 Å². The molecule has 0 aromatic carbocycles. The maximum absolute atomic E-state index is 11.3. The summed E-state index contributed by atoms with van der Waals surface area (Å²) in [7, 11) is -12.0. The summed E-state index contributed by atoms with van der Waals surface area (Å²) in [6.07, 6.45) is 7.07. The minimum absolute atomic E-state index is 0. The molecular formula is C20H36B2F8N4O6Sn2. The number of halogens is 8. The number of carbonyl (C=O) groups excluding carboxylic acids is 4. The Balaban J connectivity index is 0. The van der Waals surface area contributed by atoms with Crippen LogP contribution in [0.1, 0.15) is 51.4 Å². The molecule has 42 heavy (non-hydrogen) atoms. The summed E-state index contributed by atoms with van der Waals surface area (Å²) >= 11 is -1.15. The van der Waals surface area contributed by atoms with Crippen LogP contribution in [-0.2, 0) is 19.2 Å². The van der Waals surface area contributed by atoms with Crippen molar-refractivity contribution in [3.05, 3.63) is 0 Å². The Labute approximate surface area is 259 Å². The van der Waals surface area contributed by atoms with E-state index in [4.69, 9.17) is 0 Å². The van der Waals surface area contributed by atoms with E-state index in [1.54, 1.807) is 0 Å². The number of amides is 4. The van der Waals surface area contributed by atoms with Gasteiger partial charge >= 0.3 is 215 Å². The SMILES string of the molecule is F[B-](F)(F)F.F[B-](F)(F)F.O.O.O=C1CCCN1[CH2][Sn+][CH2]N1CCCC1=O.O=C1CCCN1[CH2][Sn+][CH2]N1CCCC1=O. The molecule has 4 saturated heterocycles. The normalized spacial score (nSPS) is 18.3. The van der Waals surface area contributed by atoms with Crippen LogP contribution in [0.5, 0.6) is 0 Å². The van der Waals surface area contributed by atoms with E-state index in [1.807, 2.05) is 19.6 Å². The van der Waals surface area contributed by atoms with Crippen LogP contribution in [0.3, 0.4) is 0 Å². The van der Waals surface area contributed by atoms with Crippen molar-refractivity contribution in [2.24, 2.45) is 0 Å². The Morgan fingerprint density at radius 1 is 0.452 bits per heavy atom. The molecule has 0 unspecified atom stereocenters. The van der Waals surface area contributed by atoms with Crippen molar-refractivity contribution >= 4 is 80.4 Å². The fraction of sp³-hybridized carbons (Fsp3) is 0.800. The summed E-state index contributed by atoms with van der Waals surface area (Å²) in [5.74, 6) is 1.29. The average molecular weight is 840 g/mol. The summed E-state index contributed by atoms with van der Waals surface area (Å²) < 4.78 is 82.0. The average Bonchev–Trinajstić information content (AvgIpc) is 3.60. The van der Waals surface area contributed by atoms with E-state index in [0.29, 0.717) is 23.6 Å². The second-order valence-electron chi connectivity index (χ2n) is 9.17. The number of likely N-dealkylation sites (tertiary alicyclic amines) is 4. The van der Waals surface area contributed by atoms with Gasteiger partial charge in [0.1, 0.15) is 0 Å². The topological polar surface area (TPSA) is 144 Å². The van der Waals surface area contributed by atoms with Gasteiger partial charge in [0, 0.05) is 0 Å². The molecule has 4 fully saturated rings. The van der Waals surface area contributed by atoms with Crippen LogP contribution in [0, 0.1) is 0 Å². The Hall–Kier alpha value is -1.03. The van der Waals surface area contributed by atoms with Crippen LogP contribution in [0.2, 0.25) is 0 Å². The van der Waals surface area contributed by atoms with Gasteiger partial charge in [-0.1, -0.05) is 0 Å². The fourth-order valence-electron chi connectivity index (χ4n) is 4.12. The molecule has 0 atom stereocenters. The molecule has 0 aromatic heterocycles. The molecule has 0 spiro atoms. The van der Waals surface area contributed by atoms with Crippen molar-refractivity contribution in [3.63, 3.8) is 0 Å². The monoisotopic (exact) mass is 842 g/mol. The molecule has 4 amide bonds. The number of rotatable bonds is 8. The molecule has 2 radical (unpaired) electrons. The molecule has 242 valence electrons. The summed E-state index contributed by atoms with van der Waals surface area (Å²) in [4.78, 5) is 53.3. The molecule has 0 aromatic rings. The van der Waals surface area contributed by atoms with Gasteiger partial charge < -0.3 is 45.5 Å². The van der Waals surface area contributed by atoms with Gasteiger partial charge in [-0.25, -0.2) is 0 Å². The van der Waals surface area contributed by atoms with E-state index in [1.165, 1.54) is 0 Å². The van der Waals surface area contributed by atoms with Gasteiger partial charge in [0.2, 0.25) is 0 Å². The van der Waals surface area contributed by atoms with Gasteiger partial charge in [0.05, 0.1) is 0 Å². The summed E-state index contributed by atoms with van der Waals surface area (Å²) in [6, 6.07) is 0. The van der Waals surface area contributed by atoms with Crippen LogP contribution in [0.15, 0.2) is 0 Å². The van der Waals surface area contributed by atoms with Crippen molar-refractivity contribution in [2.45, 2.75) is 51.4 Å². The van der Waals surface area contributed by atoms with Crippen LogP contribution in [-0.4, -0.2) is 155 Å². The van der Waals surface area contributed by atoms with Gasteiger partial charge in [0.15, 0.2) is 0 Å². The van der Waals surface area contributed by atoms with Crippen LogP contribution in [0.4, 0.5) is 34.5 Å². The zero-order valence-corrected chi connectivity index (χ0v) is 28.6. The van der Waals surface area contributed by atoms with Crippen LogP contribution in [0.25, 0.3) is 0 Å².